The van der Waals surface area contributed by atoms with Gasteiger partial charge in [0.2, 0.25) is 0 Å². The predicted molar refractivity (Wildman–Crippen MR) is 48.9 cm³/mol. The number of amides is 1. The van der Waals surface area contributed by atoms with Crippen molar-refractivity contribution in [2.24, 2.45) is 5.92 Å². The van der Waals surface area contributed by atoms with E-state index in [1.165, 1.54) is 0 Å². The molecule has 5 heteroatoms. The van der Waals surface area contributed by atoms with Crippen molar-refractivity contribution < 1.29 is 19.4 Å². The highest BCUT2D eigenvalue weighted by Gasteiger charge is 2.44. The Bertz CT molecular complexity index is 256. The fourth-order valence-electron chi connectivity index (χ4n) is 1.09. The van der Waals surface area contributed by atoms with Crippen molar-refractivity contribution in [3.05, 3.63) is 0 Å². The second kappa shape index (κ2) is 3.48. The zero-order valence-corrected chi connectivity index (χ0v) is 8.53. The topological polar surface area (TPSA) is 75.6 Å². The molecule has 80 valence electrons. The zero-order valence-electron chi connectivity index (χ0n) is 8.53. The predicted octanol–water partition coefficient (Wildman–Crippen LogP) is 0.984. The maximum Gasteiger partial charge on any atom is 0.407 e. The molecule has 1 saturated carbocycles. The molecular formula is C9H15NO4. The standard InChI is InChI=1S/C9H15NO4/c1-9(2,3)14-8(13)10-6-4-5(6)7(11)12/h5-6H,4H2,1-3H3,(H,10,13)(H,11,12)/t5-,6-/m1/s1. The van der Waals surface area contributed by atoms with Crippen LogP contribution in [0, 0.1) is 5.92 Å². The first kappa shape index (κ1) is 10.8. The Kier molecular flexibility index (Phi) is 2.69. The Balaban J connectivity index is 2.27. The number of carboxylic acids is 1. The summed E-state index contributed by atoms with van der Waals surface area (Å²) in [7, 11) is 0. The van der Waals surface area contributed by atoms with Crippen molar-refractivity contribution in [1.82, 2.24) is 5.32 Å². The van der Waals surface area contributed by atoms with Gasteiger partial charge in [-0.1, -0.05) is 0 Å². The summed E-state index contributed by atoms with van der Waals surface area (Å²) in [6.07, 6.45) is -0.0551. The Morgan fingerprint density at radius 3 is 2.36 bits per heavy atom. The number of aliphatic carboxylic acids is 1. The first-order valence-corrected chi connectivity index (χ1v) is 4.52. The summed E-state index contributed by atoms with van der Waals surface area (Å²) in [6, 6.07) is -0.262. The van der Waals surface area contributed by atoms with Crippen molar-refractivity contribution in [2.45, 2.75) is 38.8 Å². The molecule has 14 heavy (non-hydrogen) atoms. The second-order valence-corrected chi connectivity index (χ2v) is 4.43. The van der Waals surface area contributed by atoms with Gasteiger partial charge in [0.15, 0.2) is 0 Å². The van der Waals surface area contributed by atoms with Crippen LogP contribution in [0.4, 0.5) is 4.79 Å². The molecule has 0 aromatic carbocycles. The minimum atomic E-state index is -0.869. The van der Waals surface area contributed by atoms with E-state index in [2.05, 4.69) is 5.32 Å². The summed E-state index contributed by atoms with van der Waals surface area (Å²) < 4.78 is 4.97. The molecule has 1 aliphatic carbocycles. The quantitative estimate of drug-likeness (QED) is 0.698. The van der Waals surface area contributed by atoms with Gasteiger partial charge >= 0.3 is 12.1 Å². The summed E-state index contributed by atoms with van der Waals surface area (Å²) in [6.45, 7) is 5.27. The molecule has 2 N–H and O–H groups in total. The van der Waals surface area contributed by atoms with Gasteiger partial charge in [-0.25, -0.2) is 4.79 Å². The van der Waals surface area contributed by atoms with Crippen molar-refractivity contribution in [3.8, 4) is 0 Å². The summed E-state index contributed by atoms with van der Waals surface area (Å²) in [5.41, 5.74) is -0.544. The van der Waals surface area contributed by atoms with Gasteiger partial charge in [-0.2, -0.15) is 0 Å². The fraction of sp³-hybridized carbons (Fsp3) is 0.778. The van der Waals surface area contributed by atoms with Crippen LogP contribution >= 0.6 is 0 Å². The maximum absolute atomic E-state index is 11.2. The van der Waals surface area contributed by atoms with Crippen molar-refractivity contribution in [2.75, 3.05) is 0 Å². The minimum Gasteiger partial charge on any atom is -0.481 e. The number of rotatable bonds is 2. The summed E-state index contributed by atoms with van der Waals surface area (Å²) >= 11 is 0. The molecule has 1 fully saturated rings. The van der Waals surface area contributed by atoms with Crippen LogP contribution in [0.15, 0.2) is 0 Å². The fourth-order valence-corrected chi connectivity index (χ4v) is 1.09. The third kappa shape index (κ3) is 3.24. The molecule has 5 nitrogen and oxygen atoms in total. The van der Waals surface area contributed by atoms with Gasteiger partial charge in [0.25, 0.3) is 0 Å². The molecule has 1 aliphatic rings. The van der Waals surface area contributed by atoms with E-state index in [1.807, 2.05) is 0 Å². The lowest BCUT2D eigenvalue weighted by Gasteiger charge is -2.19. The van der Waals surface area contributed by atoms with E-state index in [0.29, 0.717) is 6.42 Å². The van der Waals surface area contributed by atoms with E-state index in [1.54, 1.807) is 20.8 Å². The molecule has 0 bridgehead atoms. The molecule has 2 atom stereocenters. The lowest BCUT2D eigenvalue weighted by atomic mass is 10.2. The van der Waals surface area contributed by atoms with Crippen molar-refractivity contribution in [3.63, 3.8) is 0 Å². The normalized spacial score (nSPS) is 25.4. The number of carboxylic acid groups (broad SMARTS) is 1. The number of carbonyl (C=O) groups excluding carboxylic acids is 1. The van der Waals surface area contributed by atoms with E-state index >= 15 is 0 Å². The van der Waals surface area contributed by atoms with Gasteiger partial charge in [-0.3, -0.25) is 4.79 Å². The van der Waals surface area contributed by atoms with Crippen LogP contribution in [-0.2, 0) is 9.53 Å². The Hall–Kier alpha value is -1.26. The SMILES string of the molecule is CC(C)(C)OC(=O)N[C@@H]1C[C@H]1C(=O)O. The average molecular weight is 201 g/mol. The van der Waals surface area contributed by atoms with Gasteiger partial charge in [0.1, 0.15) is 5.60 Å². The first-order valence-electron chi connectivity index (χ1n) is 4.52. The second-order valence-electron chi connectivity index (χ2n) is 4.43. The summed E-state index contributed by atoms with van der Waals surface area (Å²) in [5.74, 6) is -1.31. The van der Waals surface area contributed by atoms with Crippen LogP contribution in [0.3, 0.4) is 0 Å². The van der Waals surface area contributed by atoms with Crippen LogP contribution in [0.25, 0.3) is 0 Å². The van der Waals surface area contributed by atoms with Crippen LogP contribution < -0.4 is 5.32 Å². The van der Waals surface area contributed by atoms with Gasteiger partial charge in [-0.05, 0) is 27.2 Å². The highest BCUT2D eigenvalue weighted by atomic mass is 16.6. The zero-order chi connectivity index (χ0) is 10.9. The van der Waals surface area contributed by atoms with Crippen LogP contribution in [-0.4, -0.2) is 28.8 Å². The smallest absolute Gasteiger partial charge is 0.407 e. The van der Waals surface area contributed by atoms with Gasteiger partial charge in [-0.15, -0.1) is 0 Å². The monoisotopic (exact) mass is 201 g/mol. The van der Waals surface area contributed by atoms with Crippen LogP contribution in [0.2, 0.25) is 0 Å². The third-order valence-electron chi connectivity index (χ3n) is 1.81. The molecule has 0 radical (unpaired) electrons. The van der Waals surface area contributed by atoms with E-state index in [9.17, 15) is 9.59 Å². The average Bonchev–Trinajstić information content (AvgIpc) is 2.61. The molecule has 0 saturated heterocycles. The first-order chi connectivity index (χ1) is 6.29. The largest absolute Gasteiger partial charge is 0.481 e. The molecule has 0 aromatic heterocycles. The molecule has 0 unspecified atom stereocenters. The number of carbonyl (C=O) groups is 2. The Morgan fingerprint density at radius 1 is 1.43 bits per heavy atom. The highest BCUT2D eigenvalue weighted by molar-refractivity contribution is 5.77. The number of nitrogens with one attached hydrogen (secondary N) is 1. The van der Waals surface area contributed by atoms with E-state index in [-0.39, 0.29) is 6.04 Å². The number of alkyl carbamates (subject to hydrolysis) is 1. The van der Waals surface area contributed by atoms with Crippen LogP contribution in [0.1, 0.15) is 27.2 Å². The summed E-state index contributed by atoms with van der Waals surface area (Å²) in [4.78, 5) is 21.6. The molecule has 0 spiro atoms. The highest BCUT2D eigenvalue weighted by Crippen LogP contribution is 2.30. The number of hydrogen-bond acceptors (Lipinski definition) is 3. The lowest BCUT2D eigenvalue weighted by molar-refractivity contribution is -0.138. The lowest BCUT2D eigenvalue weighted by Crippen LogP contribution is -2.34. The van der Waals surface area contributed by atoms with Crippen molar-refractivity contribution >= 4 is 12.1 Å². The van der Waals surface area contributed by atoms with E-state index in [0.717, 1.165) is 0 Å². The molecule has 0 aromatic rings. The van der Waals surface area contributed by atoms with Gasteiger partial charge in [0, 0.05) is 6.04 Å². The third-order valence-corrected chi connectivity index (χ3v) is 1.81. The molecule has 0 aliphatic heterocycles. The molecule has 1 amide bonds. The Morgan fingerprint density at radius 2 is 2.00 bits per heavy atom. The minimum absolute atomic E-state index is 0.262. The molecule has 1 rings (SSSR count). The maximum atomic E-state index is 11.2. The van der Waals surface area contributed by atoms with Gasteiger partial charge in [0.05, 0.1) is 5.92 Å². The van der Waals surface area contributed by atoms with Crippen molar-refractivity contribution in [1.29, 1.82) is 0 Å². The number of ether oxygens (including phenoxy) is 1. The molecule has 0 heterocycles. The van der Waals surface area contributed by atoms with Gasteiger partial charge < -0.3 is 15.2 Å². The number of hydrogen-bond donors (Lipinski definition) is 2. The van der Waals surface area contributed by atoms with E-state index < -0.39 is 23.6 Å². The molecular weight excluding hydrogens is 186 g/mol. The summed E-state index contributed by atoms with van der Waals surface area (Å²) in [5, 5.41) is 11.1. The Labute approximate surface area is 82.4 Å². The van der Waals surface area contributed by atoms with E-state index in [4.69, 9.17) is 9.84 Å². The van der Waals surface area contributed by atoms with Crippen LogP contribution in [0.5, 0.6) is 0 Å².